The second-order valence-corrected chi connectivity index (χ2v) is 6.71. The number of carbonyl (C=O) groups is 3. The maximum atomic E-state index is 12.8. The standard InChI is InChI=1S/C18H15BrClFN2O4/c19-11-1-6-15(14(20)9-11)23-17(25)10-27-18(26)8-7-16(24)22-13-4-2-12(21)3-5-13/h1-6,9H,7-8,10H2,(H,22,24)(H,23,25). The van der Waals surface area contributed by atoms with Gasteiger partial charge in [-0.3, -0.25) is 14.4 Å². The molecule has 2 rings (SSSR count). The Labute approximate surface area is 168 Å². The second-order valence-electron chi connectivity index (χ2n) is 5.39. The number of benzene rings is 2. The molecule has 0 radical (unpaired) electrons. The zero-order valence-electron chi connectivity index (χ0n) is 13.9. The van der Waals surface area contributed by atoms with Crippen molar-refractivity contribution in [1.82, 2.24) is 0 Å². The van der Waals surface area contributed by atoms with Crippen molar-refractivity contribution in [3.05, 3.63) is 57.8 Å². The van der Waals surface area contributed by atoms with Crippen molar-refractivity contribution in [3.63, 3.8) is 0 Å². The molecule has 0 saturated heterocycles. The molecule has 0 spiro atoms. The van der Waals surface area contributed by atoms with Gasteiger partial charge >= 0.3 is 5.97 Å². The molecule has 0 fully saturated rings. The molecule has 9 heteroatoms. The maximum absolute atomic E-state index is 12.8. The van der Waals surface area contributed by atoms with E-state index in [1.165, 1.54) is 24.3 Å². The monoisotopic (exact) mass is 456 g/mol. The average Bonchev–Trinajstić information content (AvgIpc) is 2.62. The molecular formula is C18H15BrClFN2O4. The van der Waals surface area contributed by atoms with Gasteiger partial charge in [0, 0.05) is 16.6 Å². The van der Waals surface area contributed by atoms with Crippen LogP contribution >= 0.6 is 27.5 Å². The van der Waals surface area contributed by atoms with Crippen LogP contribution in [0.1, 0.15) is 12.8 Å². The Morgan fingerprint density at radius 3 is 2.37 bits per heavy atom. The first-order valence-corrected chi connectivity index (χ1v) is 8.96. The first-order chi connectivity index (χ1) is 12.8. The Morgan fingerprint density at radius 2 is 1.70 bits per heavy atom. The normalized spacial score (nSPS) is 10.2. The predicted molar refractivity (Wildman–Crippen MR) is 103 cm³/mol. The molecule has 142 valence electrons. The van der Waals surface area contributed by atoms with Gasteiger partial charge in [0.15, 0.2) is 6.61 Å². The Bertz CT molecular complexity index is 846. The average molecular weight is 458 g/mol. The lowest BCUT2D eigenvalue weighted by Gasteiger charge is -2.08. The minimum absolute atomic E-state index is 0.129. The molecule has 2 aromatic rings. The third kappa shape index (κ3) is 7.36. The van der Waals surface area contributed by atoms with Crippen molar-refractivity contribution in [3.8, 4) is 0 Å². The van der Waals surface area contributed by atoms with Gasteiger partial charge in [-0.2, -0.15) is 0 Å². The Kier molecular flexibility index (Phi) is 7.75. The van der Waals surface area contributed by atoms with Gasteiger partial charge in [0.1, 0.15) is 5.82 Å². The zero-order chi connectivity index (χ0) is 19.8. The highest BCUT2D eigenvalue weighted by atomic mass is 79.9. The van der Waals surface area contributed by atoms with E-state index in [9.17, 15) is 18.8 Å². The fourth-order valence-corrected chi connectivity index (χ4v) is 2.69. The summed E-state index contributed by atoms with van der Waals surface area (Å²) >= 11 is 9.23. The number of anilines is 2. The number of hydrogen-bond donors (Lipinski definition) is 2. The van der Waals surface area contributed by atoms with Crippen LogP contribution < -0.4 is 10.6 Å². The predicted octanol–water partition coefficient (Wildman–Crippen LogP) is 4.14. The van der Waals surface area contributed by atoms with E-state index in [-0.39, 0.29) is 12.8 Å². The Morgan fingerprint density at radius 1 is 1.00 bits per heavy atom. The molecule has 0 heterocycles. The van der Waals surface area contributed by atoms with E-state index < -0.39 is 30.2 Å². The molecule has 0 bridgehead atoms. The third-order valence-electron chi connectivity index (χ3n) is 3.25. The molecule has 0 aliphatic heterocycles. The minimum Gasteiger partial charge on any atom is -0.456 e. The second kappa shape index (κ2) is 10.0. The van der Waals surface area contributed by atoms with E-state index >= 15 is 0 Å². The highest BCUT2D eigenvalue weighted by Crippen LogP contribution is 2.25. The van der Waals surface area contributed by atoms with E-state index in [4.69, 9.17) is 16.3 Å². The van der Waals surface area contributed by atoms with Gasteiger partial charge in [0.05, 0.1) is 17.1 Å². The van der Waals surface area contributed by atoms with E-state index in [0.29, 0.717) is 16.4 Å². The van der Waals surface area contributed by atoms with Crippen LogP contribution in [0.25, 0.3) is 0 Å². The van der Waals surface area contributed by atoms with Crippen LogP contribution in [0.3, 0.4) is 0 Å². The lowest BCUT2D eigenvalue weighted by atomic mass is 10.2. The molecule has 0 aliphatic rings. The van der Waals surface area contributed by atoms with E-state index in [0.717, 1.165) is 4.47 Å². The largest absolute Gasteiger partial charge is 0.456 e. The van der Waals surface area contributed by atoms with Crippen LogP contribution in [-0.4, -0.2) is 24.4 Å². The molecule has 0 aromatic heterocycles. The van der Waals surface area contributed by atoms with Gasteiger partial charge in [-0.15, -0.1) is 0 Å². The number of hydrogen-bond acceptors (Lipinski definition) is 4. The Balaban J connectivity index is 1.69. The van der Waals surface area contributed by atoms with Crippen molar-refractivity contribution in [2.75, 3.05) is 17.2 Å². The minimum atomic E-state index is -0.693. The quantitative estimate of drug-likeness (QED) is 0.612. The Hall–Kier alpha value is -2.45. The lowest BCUT2D eigenvalue weighted by molar-refractivity contribution is -0.147. The summed E-state index contributed by atoms with van der Waals surface area (Å²) in [6, 6.07) is 10.1. The summed E-state index contributed by atoms with van der Waals surface area (Å²) in [6.07, 6.45) is -0.324. The molecule has 2 N–H and O–H groups in total. The zero-order valence-corrected chi connectivity index (χ0v) is 16.3. The van der Waals surface area contributed by atoms with Crippen LogP contribution in [0.5, 0.6) is 0 Å². The molecular weight excluding hydrogens is 443 g/mol. The van der Waals surface area contributed by atoms with E-state index in [1.807, 2.05) is 0 Å². The summed E-state index contributed by atoms with van der Waals surface area (Å²) in [5, 5.41) is 5.37. The first kappa shape index (κ1) is 20.9. The molecule has 0 unspecified atom stereocenters. The molecule has 2 aromatic carbocycles. The van der Waals surface area contributed by atoms with E-state index in [2.05, 4.69) is 26.6 Å². The maximum Gasteiger partial charge on any atom is 0.306 e. The highest BCUT2D eigenvalue weighted by molar-refractivity contribution is 9.10. The number of rotatable bonds is 7. The lowest BCUT2D eigenvalue weighted by Crippen LogP contribution is -2.22. The fraction of sp³-hybridized carbons (Fsp3) is 0.167. The van der Waals surface area contributed by atoms with Gasteiger partial charge in [-0.25, -0.2) is 4.39 Å². The summed E-state index contributed by atoms with van der Waals surface area (Å²) < 4.78 is 18.4. The topological polar surface area (TPSA) is 84.5 Å². The summed E-state index contributed by atoms with van der Waals surface area (Å²) in [6.45, 7) is -0.495. The molecule has 0 atom stereocenters. The number of esters is 1. The van der Waals surface area contributed by atoms with E-state index in [1.54, 1.807) is 18.2 Å². The van der Waals surface area contributed by atoms with Gasteiger partial charge < -0.3 is 15.4 Å². The number of nitrogens with one attached hydrogen (secondary N) is 2. The number of amides is 2. The van der Waals surface area contributed by atoms with Crippen molar-refractivity contribution in [1.29, 1.82) is 0 Å². The van der Waals surface area contributed by atoms with Gasteiger partial charge in [-0.05, 0) is 42.5 Å². The summed E-state index contributed by atoms with van der Waals surface area (Å²) in [5.41, 5.74) is 0.806. The summed E-state index contributed by atoms with van der Waals surface area (Å²) in [5.74, 6) is -2.09. The molecule has 0 saturated carbocycles. The number of ether oxygens (including phenoxy) is 1. The van der Waals surface area contributed by atoms with Crippen LogP contribution in [0, 0.1) is 5.82 Å². The third-order valence-corrected chi connectivity index (χ3v) is 4.06. The van der Waals surface area contributed by atoms with Gasteiger partial charge in [0.25, 0.3) is 5.91 Å². The molecule has 0 aliphatic carbocycles. The van der Waals surface area contributed by atoms with Crippen molar-refractivity contribution in [2.45, 2.75) is 12.8 Å². The highest BCUT2D eigenvalue weighted by Gasteiger charge is 2.12. The summed E-state index contributed by atoms with van der Waals surface area (Å²) in [4.78, 5) is 35.2. The van der Waals surface area contributed by atoms with Crippen LogP contribution in [0.15, 0.2) is 46.9 Å². The number of halogens is 3. The smallest absolute Gasteiger partial charge is 0.306 e. The van der Waals surface area contributed by atoms with Gasteiger partial charge in [0.2, 0.25) is 5.91 Å². The first-order valence-electron chi connectivity index (χ1n) is 7.79. The van der Waals surface area contributed by atoms with Crippen molar-refractivity contribution >= 4 is 56.7 Å². The molecule has 6 nitrogen and oxygen atoms in total. The van der Waals surface area contributed by atoms with Crippen molar-refractivity contribution < 1.29 is 23.5 Å². The summed E-state index contributed by atoms with van der Waals surface area (Å²) in [7, 11) is 0. The van der Waals surface area contributed by atoms with Crippen LogP contribution in [-0.2, 0) is 19.1 Å². The molecule has 2 amide bonds. The number of carbonyl (C=O) groups excluding carboxylic acids is 3. The molecule has 27 heavy (non-hydrogen) atoms. The van der Waals surface area contributed by atoms with Crippen LogP contribution in [0.4, 0.5) is 15.8 Å². The van der Waals surface area contributed by atoms with Gasteiger partial charge in [-0.1, -0.05) is 27.5 Å². The SMILES string of the molecule is O=C(CCC(=O)OCC(=O)Nc1ccc(Br)cc1Cl)Nc1ccc(F)cc1. The van der Waals surface area contributed by atoms with Crippen LogP contribution in [0.2, 0.25) is 5.02 Å². The van der Waals surface area contributed by atoms with Crippen molar-refractivity contribution in [2.24, 2.45) is 0 Å². The fourth-order valence-electron chi connectivity index (χ4n) is 1.97.